The number of hydrogen-bond donors (Lipinski definition) is 0. The van der Waals surface area contributed by atoms with Crippen LogP contribution in [0.5, 0.6) is 0 Å². The Bertz CT molecular complexity index is 1170. The Morgan fingerprint density at radius 1 is 0.408 bits per heavy atom. The maximum Gasteiger partial charge on any atom is 0.306 e. The quantitative estimate of drug-likeness (QED) is 0.0195. The summed E-state index contributed by atoms with van der Waals surface area (Å²) in [7, 11) is 5.94. The lowest BCUT2D eigenvalue weighted by molar-refractivity contribution is -0.870. The lowest BCUT2D eigenvalue weighted by Crippen LogP contribution is -2.44. The van der Waals surface area contributed by atoms with Crippen LogP contribution in [0.15, 0.2) is 12.2 Å². The van der Waals surface area contributed by atoms with Gasteiger partial charge in [-0.15, -0.1) is 0 Å². The summed E-state index contributed by atoms with van der Waals surface area (Å²) in [5.74, 6) is -2.25. The van der Waals surface area contributed by atoms with Crippen LogP contribution in [0.4, 0.5) is 0 Å². The van der Waals surface area contributed by atoms with Gasteiger partial charge in [-0.3, -0.25) is 9.59 Å². The van der Waals surface area contributed by atoms with E-state index in [1.807, 2.05) is 21.1 Å². The number of unbranched alkanes of at least 4 members (excludes halogenated alkanes) is 41. The molecule has 0 aromatic rings. The first-order valence-corrected chi connectivity index (χ1v) is 30.8. The molecule has 0 N–H and O–H groups in total. The predicted molar refractivity (Wildman–Crippen MR) is 297 cm³/mol. The van der Waals surface area contributed by atoms with Gasteiger partial charge in [0.25, 0.3) is 0 Å². The number of carbonyl (C=O) groups is 3. The number of allylic oxidation sites excluding steroid dienone is 2. The fourth-order valence-corrected chi connectivity index (χ4v) is 9.24. The van der Waals surface area contributed by atoms with Gasteiger partial charge < -0.3 is 33.3 Å². The Balaban J connectivity index is 4.11. The van der Waals surface area contributed by atoms with Gasteiger partial charge in [-0.25, -0.2) is 0 Å². The first kappa shape index (κ1) is 69.0. The van der Waals surface area contributed by atoms with E-state index in [1.165, 1.54) is 244 Å². The maximum absolute atomic E-state index is 12.9. The van der Waals surface area contributed by atoms with Gasteiger partial charge >= 0.3 is 11.9 Å². The number of aliphatic carboxylic acids is 1. The molecule has 0 fully saturated rings. The highest BCUT2D eigenvalue weighted by molar-refractivity contribution is 5.70. The molecule has 9 heteroatoms. The van der Waals surface area contributed by atoms with Crippen molar-refractivity contribution in [2.75, 3.05) is 47.5 Å². The first-order valence-electron chi connectivity index (χ1n) is 30.8. The fourth-order valence-electron chi connectivity index (χ4n) is 9.24. The minimum Gasteiger partial charge on any atom is -0.545 e. The van der Waals surface area contributed by atoms with Gasteiger partial charge in [-0.05, 0) is 38.5 Å². The summed E-state index contributed by atoms with van der Waals surface area (Å²) in [5, 5.41) is 11.8. The molecular weight excluding hydrogens is 887 g/mol. The van der Waals surface area contributed by atoms with Crippen molar-refractivity contribution in [2.45, 2.75) is 322 Å². The van der Waals surface area contributed by atoms with E-state index in [0.29, 0.717) is 17.4 Å². The molecule has 0 saturated carbocycles. The molecule has 71 heavy (non-hydrogen) atoms. The number of nitrogens with zero attached hydrogens (tertiary/aromatic N) is 1. The molecule has 0 rings (SSSR count). The number of hydrogen-bond acceptors (Lipinski definition) is 8. The standard InChI is InChI=1S/C62H119NO8/c1-6-8-10-12-14-16-18-20-22-24-25-26-27-28-29-30-31-32-33-34-35-37-39-41-43-45-47-49-51-53-60(65)71-58(57-70-62(61(66)67)68-55-54-63(3,4)5)56-69-59(64)52-50-48-46-44-42-40-38-36-23-21-19-17-15-13-11-9-7-2/h24-25,58,62H,6-23,26-57H2,1-5H3/b25-24-. The summed E-state index contributed by atoms with van der Waals surface area (Å²) in [6, 6.07) is 0. The second kappa shape index (κ2) is 54.3. The SMILES string of the molecule is CCCCCCCCCC/C=C\CCCCCCCCCCCCCCCCCCCC(=O)OC(COC(=O)CCCCCCCCCCCCCCCCCCC)COC(OCC[N+](C)(C)C)C(=O)[O-]. The molecule has 0 aliphatic rings. The lowest BCUT2D eigenvalue weighted by atomic mass is 10.0. The summed E-state index contributed by atoms with van der Waals surface area (Å²) < 4.78 is 22.7. The molecule has 0 aliphatic heterocycles. The van der Waals surface area contributed by atoms with Crippen LogP contribution in [0, 0.1) is 0 Å². The normalized spacial score (nSPS) is 12.7. The third kappa shape index (κ3) is 55.6. The molecule has 0 saturated heterocycles. The van der Waals surface area contributed by atoms with E-state index >= 15 is 0 Å². The van der Waals surface area contributed by atoms with Crippen LogP contribution in [-0.2, 0) is 33.3 Å². The zero-order valence-corrected chi connectivity index (χ0v) is 47.9. The smallest absolute Gasteiger partial charge is 0.306 e. The number of carboxylic acids is 1. The molecule has 0 amide bonds. The van der Waals surface area contributed by atoms with Crippen LogP contribution in [0.2, 0.25) is 0 Å². The molecule has 0 radical (unpaired) electrons. The molecule has 2 unspecified atom stereocenters. The Kier molecular flexibility index (Phi) is 52.8. The van der Waals surface area contributed by atoms with Crippen molar-refractivity contribution in [1.29, 1.82) is 0 Å². The average Bonchev–Trinajstić information content (AvgIpc) is 3.34. The van der Waals surface area contributed by atoms with Crippen molar-refractivity contribution in [3.63, 3.8) is 0 Å². The largest absolute Gasteiger partial charge is 0.545 e. The van der Waals surface area contributed by atoms with Gasteiger partial charge in [-0.2, -0.15) is 0 Å². The number of quaternary nitrogens is 1. The number of esters is 2. The van der Waals surface area contributed by atoms with E-state index in [4.69, 9.17) is 18.9 Å². The van der Waals surface area contributed by atoms with E-state index in [9.17, 15) is 19.5 Å². The number of carboxylic acid groups (broad SMARTS) is 1. The van der Waals surface area contributed by atoms with Crippen LogP contribution in [0.1, 0.15) is 309 Å². The van der Waals surface area contributed by atoms with Gasteiger partial charge in [0.2, 0.25) is 0 Å². The zero-order chi connectivity index (χ0) is 52.0. The van der Waals surface area contributed by atoms with Gasteiger partial charge in [-0.1, -0.05) is 270 Å². The van der Waals surface area contributed by atoms with Crippen LogP contribution in [0.25, 0.3) is 0 Å². The zero-order valence-electron chi connectivity index (χ0n) is 47.9. The highest BCUT2D eigenvalue weighted by atomic mass is 16.7. The van der Waals surface area contributed by atoms with Gasteiger partial charge in [0, 0.05) is 12.8 Å². The minimum atomic E-state index is -1.62. The number of rotatable bonds is 58. The molecule has 2 atom stereocenters. The first-order chi connectivity index (χ1) is 34.6. The Hall–Kier alpha value is -1.97. The van der Waals surface area contributed by atoms with Crippen molar-refractivity contribution in [3.05, 3.63) is 12.2 Å². The molecular formula is C62H119NO8. The third-order valence-electron chi connectivity index (χ3n) is 14.0. The number of ether oxygens (including phenoxy) is 4. The third-order valence-corrected chi connectivity index (χ3v) is 14.0. The van der Waals surface area contributed by atoms with Crippen molar-refractivity contribution in [3.8, 4) is 0 Å². The highest BCUT2D eigenvalue weighted by Crippen LogP contribution is 2.18. The van der Waals surface area contributed by atoms with Crippen LogP contribution in [0.3, 0.4) is 0 Å². The van der Waals surface area contributed by atoms with E-state index < -0.39 is 24.3 Å². The van der Waals surface area contributed by atoms with Crippen molar-refractivity contribution >= 4 is 17.9 Å². The molecule has 0 aromatic carbocycles. The molecule has 0 bridgehead atoms. The monoisotopic (exact) mass is 1010 g/mol. The fraction of sp³-hybridized carbons (Fsp3) is 0.919. The van der Waals surface area contributed by atoms with E-state index in [2.05, 4.69) is 26.0 Å². The molecule has 420 valence electrons. The Morgan fingerprint density at radius 2 is 0.718 bits per heavy atom. The van der Waals surface area contributed by atoms with Crippen LogP contribution >= 0.6 is 0 Å². The van der Waals surface area contributed by atoms with Gasteiger partial charge in [0.15, 0.2) is 12.4 Å². The highest BCUT2D eigenvalue weighted by Gasteiger charge is 2.22. The molecule has 0 heterocycles. The molecule has 9 nitrogen and oxygen atoms in total. The maximum atomic E-state index is 12.9. The second-order valence-corrected chi connectivity index (χ2v) is 22.4. The summed E-state index contributed by atoms with van der Waals surface area (Å²) in [6.07, 6.45) is 59.9. The summed E-state index contributed by atoms with van der Waals surface area (Å²) in [6.45, 7) is 4.81. The average molecular weight is 1010 g/mol. The van der Waals surface area contributed by atoms with Crippen molar-refractivity contribution < 1.29 is 42.9 Å². The summed E-state index contributed by atoms with van der Waals surface area (Å²) in [5.41, 5.74) is 0. The molecule has 0 spiro atoms. The van der Waals surface area contributed by atoms with E-state index in [0.717, 1.165) is 38.5 Å². The Labute approximate surface area is 440 Å². The van der Waals surface area contributed by atoms with E-state index in [1.54, 1.807) is 0 Å². The van der Waals surface area contributed by atoms with Crippen LogP contribution < -0.4 is 5.11 Å². The second-order valence-electron chi connectivity index (χ2n) is 22.4. The lowest BCUT2D eigenvalue weighted by Gasteiger charge is -2.26. The van der Waals surface area contributed by atoms with Crippen LogP contribution in [-0.4, -0.2) is 82.3 Å². The van der Waals surface area contributed by atoms with Gasteiger partial charge in [0.1, 0.15) is 13.2 Å². The van der Waals surface area contributed by atoms with E-state index in [-0.39, 0.29) is 32.2 Å². The molecule has 0 aliphatic carbocycles. The summed E-state index contributed by atoms with van der Waals surface area (Å²) >= 11 is 0. The minimum absolute atomic E-state index is 0.152. The topological polar surface area (TPSA) is 111 Å². The Morgan fingerprint density at radius 3 is 1.04 bits per heavy atom. The van der Waals surface area contributed by atoms with Crippen molar-refractivity contribution in [1.82, 2.24) is 0 Å². The summed E-state index contributed by atoms with van der Waals surface area (Å²) in [4.78, 5) is 37.3. The predicted octanol–water partition coefficient (Wildman–Crippen LogP) is 16.8. The molecule has 0 aromatic heterocycles. The number of likely N-dealkylation sites (N-methyl/N-ethyl adjacent to an activating group) is 1. The van der Waals surface area contributed by atoms with Crippen molar-refractivity contribution in [2.24, 2.45) is 0 Å². The number of carbonyl (C=O) groups excluding carboxylic acids is 3. The van der Waals surface area contributed by atoms with Gasteiger partial charge in [0.05, 0.1) is 40.3 Å².